The number of amides is 1. The molecule has 34 heavy (non-hydrogen) atoms. The molecule has 0 atom stereocenters. The van der Waals surface area contributed by atoms with Crippen LogP contribution in [0, 0.1) is 19.7 Å². The van der Waals surface area contributed by atoms with E-state index in [-0.39, 0.29) is 16.6 Å². The molecule has 1 aromatic heterocycles. The average molecular weight is 486 g/mol. The van der Waals surface area contributed by atoms with E-state index in [9.17, 15) is 17.6 Å². The monoisotopic (exact) mass is 485 g/mol. The van der Waals surface area contributed by atoms with Crippen molar-refractivity contribution < 1.29 is 22.3 Å². The van der Waals surface area contributed by atoms with E-state index in [2.05, 4.69) is 10.3 Å². The molecule has 180 valence electrons. The van der Waals surface area contributed by atoms with E-state index in [1.54, 1.807) is 36.4 Å². The molecule has 7 nitrogen and oxygen atoms in total. The van der Waals surface area contributed by atoms with Crippen LogP contribution in [0.1, 0.15) is 22.4 Å². The summed E-state index contributed by atoms with van der Waals surface area (Å²) >= 11 is 0. The van der Waals surface area contributed by atoms with E-state index in [0.29, 0.717) is 44.8 Å². The van der Waals surface area contributed by atoms with Gasteiger partial charge < -0.3 is 15.0 Å². The molecule has 4 rings (SSSR count). The molecule has 1 fully saturated rings. The zero-order chi connectivity index (χ0) is 24.3. The third kappa shape index (κ3) is 5.06. The molecule has 0 aliphatic carbocycles. The van der Waals surface area contributed by atoms with Gasteiger partial charge in [-0.25, -0.2) is 12.8 Å². The third-order valence-electron chi connectivity index (χ3n) is 6.02. The van der Waals surface area contributed by atoms with Crippen LogP contribution in [0.5, 0.6) is 0 Å². The summed E-state index contributed by atoms with van der Waals surface area (Å²) in [4.78, 5) is 15.6. The van der Waals surface area contributed by atoms with Crippen molar-refractivity contribution in [3.8, 4) is 0 Å². The van der Waals surface area contributed by atoms with Crippen LogP contribution in [0.2, 0.25) is 0 Å². The number of sulfonamides is 1. The number of aromatic nitrogens is 1. The molecule has 3 aromatic rings. The van der Waals surface area contributed by atoms with E-state index in [4.69, 9.17) is 4.74 Å². The van der Waals surface area contributed by atoms with Crippen LogP contribution >= 0.6 is 0 Å². The first-order valence-electron chi connectivity index (χ1n) is 11.2. The van der Waals surface area contributed by atoms with Crippen LogP contribution in [0.3, 0.4) is 0 Å². The topological polar surface area (TPSA) is 91.5 Å². The Bertz CT molecular complexity index is 1320. The second-order valence-corrected chi connectivity index (χ2v) is 10.2. The van der Waals surface area contributed by atoms with Crippen LogP contribution < -0.4 is 5.32 Å². The minimum absolute atomic E-state index is 0.219. The SMILES string of the molecule is Cc1[nH]c2c(F)ccc(C)c2c1CCNC(=O)C=Cc1ccc(S(=O)(=O)N2CCOCC2)cc1. The van der Waals surface area contributed by atoms with Gasteiger partial charge >= 0.3 is 0 Å². The minimum atomic E-state index is -3.54. The number of carbonyl (C=O) groups excluding carboxylic acids is 1. The van der Waals surface area contributed by atoms with Crippen LogP contribution in [0.15, 0.2) is 47.4 Å². The molecule has 9 heteroatoms. The normalized spacial score (nSPS) is 15.3. The van der Waals surface area contributed by atoms with Crippen LogP contribution in [0.4, 0.5) is 4.39 Å². The summed E-state index contributed by atoms with van der Waals surface area (Å²) in [5, 5.41) is 3.72. The summed E-state index contributed by atoms with van der Waals surface area (Å²) in [6, 6.07) is 9.64. The first-order valence-corrected chi connectivity index (χ1v) is 12.6. The standard InChI is InChI=1S/C25H28FN3O4S/c1-17-3-9-22(26)25-24(17)21(18(2)28-25)11-12-27-23(30)10-6-19-4-7-20(8-5-19)34(31,32)29-13-15-33-16-14-29/h3-10,28H,11-16H2,1-2H3,(H,27,30). The molecule has 0 bridgehead atoms. The van der Waals surface area contributed by atoms with E-state index >= 15 is 0 Å². The van der Waals surface area contributed by atoms with Crippen molar-refractivity contribution in [3.05, 3.63) is 70.7 Å². The highest BCUT2D eigenvalue weighted by Gasteiger charge is 2.26. The smallest absolute Gasteiger partial charge is 0.244 e. The second-order valence-electron chi connectivity index (χ2n) is 8.30. The van der Waals surface area contributed by atoms with Gasteiger partial charge in [0.2, 0.25) is 15.9 Å². The van der Waals surface area contributed by atoms with Crippen molar-refractivity contribution in [2.75, 3.05) is 32.8 Å². The number of aromatic amines is 1. The molecule has 1 saturated heterocycles. The van der Waals surface area contributed by atoms with Gasteiger partial charge in [-0.15, -0.1) is 0 Å². The van der Waals surface area contributed by atoms with Crippen LogP contribution in [0.25, 0.3) is 17.0 Å². The molecule has 1 amide bonds. The summed E-state index contributed by atoms with van der Waals surface area (Å²) in [6.45, 7) is 5.73. The highest BCUT2D eigenvalue weighted by Crippen LogP contribution is 2.27. The van der Waals surface area contributed by atoms with Crippen molar-refractivity contribution in [3.63, 3.8) is 0 Å². The van der Waals surface area contributed by atoms with Gasteiger partial charge in [-0.2, -0.15) is 4.31 Å². The van der Waals surface area contributed by atoms with Gasteiger partial charge in [0, 0.05) is 36.8 Å². The Labute approximate surface area is 198 Å². The summed E-state index contributed by atoms with van der Waals surface area (Å²) in [5.74, 6) is -0.545. The maximum atomic E-state index is 14.1. The van der Waals surface area contributed by atoms with Crippen molar-refractivity contribution in [1.82, 2.24) is 14.6 Å². The molecule has 0 unspecified atom stereocenters. The van der Waals surface area contributed by atoms with Crippen LogP contribution in [-0.4, -0.2) is 56.5 Å². The molecular formula is C25H28FN3O4S. The van der Waals surface area contributed by atoms with Gasteiger partial charge in [0.25, 0.3) is 0 Å². The third-order valence-corrected chi connectivity index (χ3v) is 7.93. The highest BCUT2D eigenvalue weighted by atomic mass is 32.2. The van der Waals surface area contributed by atoms with Crippen molar-refractivity contribution >= 4 is 32.9 Å². The number of carbonyl (C=O) groups is 1. The minimum Gasteiger partial charge on any atom is -0.379 e. The first-order chi connectivity index (χ1) is 16.3. The summed E-state index contributed by atoms with van der Waals surface area (Å²) in [6.07, 6.45) is 3.62. The predicted molar refractivity (Wildman–Crippen MR) is 129 cm³/mol. The lowest BCUT2D eigenvalue weighted by Crippen LogP contribution is -2.40. The Hall–Kier alpha value is -3.01. The molecule has 0 saturated carbocycles. The Morgan fingerprint density at radius 1 is 1.15 bits per heavy atom. The number of hydrogen-bond acceptors (Lipinski definition) is 4. The number of ether oxygens (including phenoxy) is 1. The van der Waals surface area contributed by atoms with E-state index in [1.165, 1.54) is 16.4 Å². The molecule has 2 heterocycles. The van der Waals surface area contributed by atoms with Gasteiger partial charge in [-0.3, -0.25) is 4.79 Å². The lowest BCUT2D eigenvalue weighted by atomic mass is 10.0. The molecule has 0 radical (unpaired) electrons. The number of benzene rings is 2. The number of morpholine rings is 1. The fourth-order valence-electron chi connectivity index (χ4n) is 4.18. The second kappa shape index (κ2) is 10.1. The van der Waals surface area contributed by atoms with Gasteiger partial charge in [0.15, 0.2) is 0 Å². The highest BCUT2D eigenvalue weighted by molar-refractivity contribution is 7.89. The summed E-state index contributed by atoms with van der Waals surface area (Å²) < 4.78 is 46.1. The number of halogens is 1. The van der Waals surface area contributed by atoms with E-state index in [0.717, 1.165) is 27.8 Å². The van der Waals surface area contributed by atoms with Gasteiger partial charge in [0.05, 0.1) is 23.6 Å². The Morgan fingerprint density at radius 2 is 1.85 bits per heavy atom. The van der Waals surface area contributed by atoms with Crippen molar-refractivity contribution in [2.45, 2.75) is 25.2 Å². The number of fused-ring (bicyclic) bond motifs is 1. The van der Waals surface area contributed by atoms with E-state index in [1.807, 2.05) is 13.8 Å². The molecule has 0 spiro atoms. The van der Waals surface area contributed by atoms with Crippen molar-refractivity contribution in [2.24, 2.45) is 0 Å². The molecule has 2 N–H and O–H groups in total. The largest absolute Gasteiger partial charge is 0.379 e. The molecule has 1 aliphatic rings. The van der Waals surface area contributed by atoms with Crippen molar-refractivity contribution in [1.29, 1.82) is 0 Å². The number of nitrogens with zero attached hydrogens (tertiary/aromatic N) is 1. The van der Waals surface area contributed by atoms with Crippen LogP contribution in [-0.2, 0) is 26.0 Å². The fraction of sp³-hybridized carbons (Fsp3) is 0.320. The molecule has 2 aromatic carbocycles. The number of nitrogens with one attached hydrogen (secondary N) is 2. The predicted octanol–water partition coefficient (Wildman–Crippen LogP) is 3.32. The van der Waals surface area contributed by atoms with Gasteiger partial charge in [0.1, 0.15) is 5.82 Å². The Balaban J connectivity index is 1.35. The maximum absolute atomic E-state index is 14.1. The Morgan fingerprint density at radius 3 is 2.56 bits per heavy atom. The molecular weight excluding hydrogens is 457 g/mol. The number of aryl methyl sites for hydroxylation is 2. The van der Waals surface area contributed by atoms with Gasteiger partial charge in [-0.05, 0) is 61.2 Å². The zero-order valence-corrected chi connectivity index (χ0v) is 20.0. The first kappa shape index (κ1) is 24.1. The maximum Gasteiger partial charge on any atom is 0.244 e. The quantitative estimate of drug-likeness (QED) is 0.503. The van der Waals surface area contributed by atoms with Gasteiger partial charge in [-0.1, -0.05) is 18.2 Å². The lowest BCUT2D eigenvalue weighted by Gasteiger charge is -2.26. The average Bonchev–Trinajstić information content (AvgIpc) is 3.18. The fourth-order valence-corrected chi connectivity index (χ4v) is 5.59. The number of hydrogen-bond donors (Lipinski definition) is 2. The Kier molecular flexibility index (Phi) is 7.16. The summed E-state index contributed by atoms with van der Waals surface area (Å²) in [7, 11) is -3.54. The molecule has 1 aliphatic heterocycles. The zero-order valence-electron chi connectivity index (χ0n) is 19.2. The number of H-pyrrole nitrogens is 1. The lowest BCUT2D eigenvalue weighted by molar-refractivity contribution is -0.116. The summed E-state index contributed by atoms with van der Waals surface area (Å²) in [5.41, 5.74) is 4.09. The van der Waals surface area contributed by atoms with E-state index < -0.39 is 10.0 Å². The number of rotatable bonds is 7.